The first-order valence-electron chi connectivity index (χ1n) is 11.6. The van der Waals surface area contributed by atoms with Gasteiger partial charge in [-0.25, -0.2) is 0 Å². The van der Waals surface area contributed by atoms with E-state index in [1.54, 1.807) is 0 Å². The molecule has 2 aromatic carbocycles. The molecule has 2 aromatic rings. The van der Waals surface area contributed by atoms with E-state index in [9.17, 15) is 9.59 Å². The van der Waals surface area contributed by atoms with Crippen LogP contribution in [0.15, 0.2) is 54.6 Å². The van der Waals surface area contributed by atoms with Crippen LogP contribution in [0.2, 0.25) is 0 Å². The third kappa shape index (κ3) is 5.83. The van der Waals surface area contributed by atoms with Crippen LogP contribution in [0.4, 0.5) is 5.69 Å². The Balaban J connectivity index is 1.23. The van der Waals surface area contributed by atoms with Gasteiger partial charge >= 0.3 is 0 Å². The van der Waals surface area contributed by atoms with Crippen molar-refractivity contribution in [3.63, 3.8) is 0 Å². The van der Waals surface area contributed by atoms with E-state index in [2.05, 4.69) is 11.0 Å². The summed E-state index contributed by atoms with van der Waals surface area (Å²) in [5, 5.41) is 8.99. The number of amides is 2. The van der Waals surface area contributed by atoms with Crippen LogP contribution in [0, 0.1) is 17.2 Å². The minimum absolute atomic E-state index is 0.0226. The average Bonchev–Trinajstić information content (AvgIpc) is 3.14. The molecule has 0 bridgehead atoms. The molecule has 2 fully saturated rings. The highest BCUT2D eigenvalue weighted by Gasteiger charge is 2.31. The summed E-state index contributed by atoms with van der Waals surface area (Å²) in [5.74, 6) is 0.847. The highest BCUT2D eigenvalue weighted by atomic mass is 16.5. The van der Waals surface area contributed by atoms with Crippen molar-refractivity contribution >= 4 is 17.5 Å². The van der Waals surface area contributed by atoms with Crippen LogP contribution in [0.1, 0.15) is 24.8 Å². The minimum atomic E-state index is -0.0300. The Bertz CT molecular complexity index is 979. The second-order valence-corrected chi connectivity index (χ2v) is 8.58. The number of para-hydroxylation sites is 1. The predicted molar refractivity (Wildman–Crippen MR) is 126 cm³/mol. The van der Waals surface area contributed by atoms with Gasteiger partial charge < -0.3 is 19.4 Å². The number of carbonyl (C=O) groups is 2. The lowest BCUT2D eigenvalue weighted by Gasteiger charge is -2.34. The van der Waals surface area contributed by atoms with Crippen molar-refractivity contribution < 1.29 is 14.3 Å². The Morgan fingerprint density at radius 3 is 2.30 bits per heavy atom. The van der Waals surface area contributed by atoms with Crippen molar-refractivity contribution in [1.82, 2.24) is 9.80 Å². The molecule has 0 saturated carbocycles. The fourth-order valence-corrected chi connectivity index (χ4v) is 4.53. The highest BCUT2D eigenvalue weighted by Crippen LogP contribution is 2.22. The maximum Gasteiger partial charge on any atom is 0.260 e. The number of hydrogen-bond acceptors (Lipinski definition) is 5. The molecule has 0 aromatic heterocycles. The molecule has 2 aliphatic rings. The quantitative estimate of drug-likeness (QED) is 0.706. The third-order valence-electron chi connectivity index (χ3n) is 6.47. The van der Waals surface area contributed by atoms with Gasteiger partial charge in [-0.3, -0.25) is 9.59 Å². The molecule has 2 heterocycles. The molecule has 7 nitrogen and oxygen atoms in total. The summed E-state index contributed by atoms with van der Waals surface area (Å²) in [6, 6.07) is 19.1. The summed E-state index contributed by atoms with van der Waals surface area (Å²) in [6.45, 7) is 4.35. The summed E-state index contributed by atoms with van der Waals surface area (Å²) < 4.78 is 5.58. The number of hydrogen-bond donors (Lipinski definition) is 0. The zero-order chi connectivity index (χ0) is 23.0. The van der Waals surface area contributed by atoms with Gasteiger partial charge in [0.1, 0.15) is 5.75 Å². The fraction of sp³-hybridized carbons (Fsp3) is 0.423. The maximum atomic E-state index is 13.2. The first-order valence-corrected chi connectivity index (χ1v) is 11.6. The molecule has 0 unspecified atom stereocenters. The summed E-state index contributed by atoms with van der Waals surface area (Å²) in [6.07, 6.45) is 2.32. The van der Waals surface area contributed by atoms with Gasteiger partial charge in [0.15, 0.2) is 6.61 Å². The molecule has 2 aliphatic heterocycles. The molecule has 0 atom stereocenters. The van der Waals surface area contributed by atoms with E-state index in [1.807, 2.05) is 64.4 Å². The SMILES string of the molecule is N#Cc1ccc(N2CCCN(C(=O)C3CCN(C(=O)COc4ccccc4)CC3)CC2)cc1. The lowest BCUT2D eigenvalue weighted by molar-refractivity contribution is -0.141. The van der Waals surface area contributed by atoms with Gasteiger partial charge in [-0.05, 0) is 55.7 Å². The molecule has 0 spiro atoms. The van der Waals surface area contributed by atoms with Crippen LogP contribution in [-0.4, -0.2) is 67.5 Å². The number of benzene rings is 2. The van der Waals surface area contributed by atoms with Crippen molar-refractivity contribution in [2.75, 3.05) is 50.8 Å². The van der Waals surface area contributed by atoms with Crippen molar-refractivity contribution in [3.05, 3.63) is 60.2 Å². The van der Waals surface area contributed by atoms with Gasteiger partial charge in [0.25, 0.3) is 5.91 Å². The number of anilines is 1. The lowest BCUT2D eigenvalue weighted by Crippen LogP contribution is -2.46. The second-order valence-electron chi connectivity index (χ2n) is 8.58. The van der Waals surface area contributed by atoms with Crippen molar-refractivity contribution in [2.24, 2.45) is 5.92 Å². The van der Waals surface area contributed by atoms with Crippen LogP contribution < -0.4 is 9.64 Å². The van der Waals surface area contributed by atoms with E-state index in [-0.39, 0.29) is 24.3 Å². The molecule has 4 rings (SSSR count). The van der Waals surface area contributed by atoms with Crippen LogP contribution in [0.5, 0.6) is 5.75 Å². The second kappa shape index (κ2) is 10.9. The number of rotatable bonds is 5. The molecular formula is C26H30N4O3. The summed E-state index contributed by atoms with van der Waals surface area (Å²) in [7, 11) is 0. The monoisotopic (exact) mass is 446 g/mol. The number of nitriles is 1. The van der Waals surface area contributed by atoms with E-state index >= 15 is 0 Å². The molecule has 0 aliphatic carbocycles. The summed E-state index contributed by atoms with van der Waals surface area (Å²) >= 11 is 0. The first kappa shape index (κ1) is 22.7. The third-order valence-corrected chi connectivity index (χ3v) is 6.47. The Kier molecular flexibility index (Phi) is 7.46. The first-order chi connectivity index (χ1) is 16.1. The normalized spacial score (nSPS) is 17.2. The smallest absolute Gasteiger partial charge is 0.260 e. The van der Waals surface area contributed by atoms with Gasteiger partial charge in [-0.1, -0.05) is 18.2 Å². The zero-order valence-electron chi connectivity index (χ0n) is 18.9. The van der Waals surface area contributed by atoms with Gasteiger partial charge in [-0.2, -0.15) is 5.26 Å². The molecule has 33 heavy (non-hydrogen) atoms. The molecule has 0 N–H and O–H groups in total. The number of ether oxygens (including phenoxy) is 1. The average molecular weight is 447 g/mol. The van der Waals surface area contributed by atoms with Crippen LogP contribution in [0.3, 0.4) is 0 Å². The maximum absolute atomic E-state index is 13.2. The number of likely N-dealkylation sites (tertiary alicyclic amines) is 1. The van der Waals surface area contributed by atoms with Crippen molar-refractivity contribution in [3.8, 4) is 11.8 Å². The lowest BCUT2D eigenvalue weighted by atomic mass is 9.95. The Hall–Kier alpha value is -3.53. The number of nitrogens with zero attached hydrogens (tertiary/aromatic N) is 4. The molecule has 172 valence electrons. The van der Waals surface area contributed by atoms with E-state index in [0.717, 1.165) is 31.7 Å². The van der Waals surface area contributed by atoms with Gasteiger partial charge in [0.05, 0.1) is 11.6 Å². The standard InChI is InChI=1S/C26H30N4O3/c27-19-21-7-9-23(10-8-21)28-13-4-14-30(18-17-28)26(32)22-11-15-29(16-12-22)25(31)20-33-24-5-2-1-3-6-24/h1-3,5-10,22H,4,11-18,20H2. The van der Waals surface area contributed by atoms with E-state index in [4.69, 9.17) is 10.00 Å². The number of carbonyl (C=O) groups excluding carboxylic acids is 2. The van der Waals surface area contributed by atoms with Gasteiger partial charge in [0.2, 0.25) is 5.91 Å². The minimum Gasteiger partial charge on any atom is -0.484 e. The van der Waals surface area contributed by atoms with Crippen molar-refractivity contribution in [2.45, 2.75) is 19.3 Å². The predicted octanol–water partition coefficient (Wildman–Crippen LogP) is 2.91. The van der Waals surface area contributed by atoms with Gasteiger partial charge in [0, 0.05) is 50.9 Å². The Labute approximate surface area is 195 Å². The van der Waals surface area contributed by atoms with Crippen LogP contribution in [-0.2, 0) is 9.59 Å². The van der Waals surface area contributed by atoms with Gasteiger partial charge in [-0.15, -0.1) is 0 Å². The Morgan fingerprint density at radius 1 is 0.879 bits per heavy atom. The molecular weight excluding hydrogens is 416 g/mol. The molecule has 2 amide bonds. The van der Waals surface area contributed by atoms with E-state index < -0.39 is 0 Å². The highest BCUT2D eigenvalue weighted by molar-refractivity contribution is 5.81. The summed E-state index contributed by atoms with van der Waals surface area (Å²) in [4.78, 5) is 31.7. The van der Waals surface area contributed by atoms with Crippen molar-refractivity contribution in [1.29, 1.82) is 5.26 Å². The summed E-state index contributed by atoms with van der Waals surface area (Å²) in [5.41, 5.74) is 1.75. The topological polar surface area (TPSA) is 76.9 Å². The Morgan fingerprint density at radius 2 is 1.61 bits per heavy atom. The van der Waals surface area contributed by atoms with E-state index in [1.165, 1.54) is 0 Å². The fourth-order valence-electron chi connectivity index (χ4n) is 4.53. The molecule has 2 saturated heterocycles. The van der Waals surface area contributed by atoms with Crippen LogP contribution in [0.25, 0.3) is 0 Å². The van der Waals surface area contributed by atoms with E-state index in [0.29, 0.717) is 43.8 Å². The molecule has 7 heteroatoms. The largest absolute Gasteiger partial charge is 0.484 e. The number of piperidine rings is 1. The molecule has 0 radical (unpaired) electrons. The van der Waals surface area contributed by atoms with Crippen LogP contribution >= 0.6 is 0 Å². The zero-order valence-corrected chi connectivity index (χ0v) is 18.9.